The molecule has 0 aromatic heterocycles. The highest BCUT2D eigenvalue weighted by molar-refractivity contribution is 5.84. The van der Waals surface area contributed by atoms with Crippen molar-refractivity contribution in [3.63, 3.8) is 0 Å². The predicted molar refractivity (Wildman–Crippen MR) is 77.1 cm³/mol. The first-order chi connectivity index (χ1) is 9.79. The average molecular weight is 274 g/mol. The van der Waals surface area contributed by atoms with Gasteiger partial charge in [0.25, 0.3) is 0 Å². The standard InChI is InChI=1S/C17H22O3/c1-2-19-17(12-7-8-12)15(18)11-13-9-10-20-16-6-4-3-5-14(13)16/h3-6,12-13,17H,2,7-11H2,1H3. The van der Waals surface area contributed by atoms with E-state index in [-0.39, 0.29) is 17.8 Å². The highest BCUT2D eigenvalue weighted by Crippen LogP contribution is 2.39. The molecule has 2 atom stereocenters. The Morgan fingerprint density at radius 1 is 1.35 bits per heavy atom. The van der Waals surface area contributed by atoms with Gasteiger partial charge in [-0.25, -0.2) is 0 Å². The van der Waals surface area contributed by atoms with Gasteiger partial charge in [-0.05, 0) is 49.7 Å². The number of hydrogen-bond donors (Lipinski definition) is 0. The Bertz CT molecular complexity index is 479. The molecule has 2 aliphatic rings. The Hall–Kier alpha value is -1.35. The molecule has 0 spiro atoms. The maximum absolute atomic E-state index is 12.5. The molecule has 0 amide bonds. The zero-order chi connectivity index (χ0) is 13.9. The van der Waals surface area contributed by atoms with E-state index < -0.39 is 0 Å². The van der Waals surface area contributed by atoms with Gasteiger partial charge in [-0.2, -0.15) is 0 Å². The molecule has 0 radical (unpaired) electrons. The van der Waals surface area contributed by atoms with Gasteiger partial charge in [-0.15, -0.1) is 0 Å². The van der Waals surface area contributed by atoms with Crippen LogP contribution in [0.25, 0.3) is 0 Å². The highest BCUT2D eigenvalue weighted by atomic mass is 16.5. The second-order valence-electron chi connectivity index (χ2n) is 5.76. The van der Waals surface area contributed by atoms with Gasteiger partial charge in [0, 0.05) is 13.0 Å². The summed E-state index contributed by atoms with van der Waals surface area (Å²) in [5, 5.41) is 0. The number of hydrogen-bond acceptors (Lipinski definition) is 3. The van der Waals surface area contributed by atoms with Gasteiger partial charge in [0.15, 0.2) is 5.78 Å². The van der Waals surface area contributed by atoms with Crippen molar-refractivity contribution in [2.75, 3.05) is 13.2 Å². The molecule has 108 valence electrons. The van der Waals surface area contributed by atoms with Crippen LogP contribution >= 0.6 is 0 Å². The Kier molecular flexibility index (Phi) is 4.06. The number of fused-ring (bicyclic) bond motifs is 1. The van der Waals surface area contributed by atoms with E-state index in [9.17, 15) is 4.79 Å². The van der Waals surface area contributed by atoms with Crippen molar-refractivity contribution >= 4 is 5.78 Å². The monoisotopic (exact) mass is 274 g/mol. The van der Waals surface area contributed by atoms with Crippen LogP contribution in [0, 0.1) is 5.92 Å². The summed E-state index contributed by atoms with van der Waals surface area (Å²) >= 11 is 0. The van der Waals surface area contributed by atoms with E-state index in [0.717, 1.165) is 25.0 Å². The first-order valence-corrected chi connectivity index (χ1v) is 7.65. The minimum atomic E-state index is -0.171. The van der Waals surface area contributed by atoms with Gasteiger partial charge in [0.2, 0.25) is 0 Å². The zero-order valence-electron chi connectivity index (χ0n) is 12.0. The average Bonchev–Trinajstić information content (AvgIpc) is 3.29. The minimum Gasteiger partial charge on any atom is -0.493 e. The van der Waals surface area contributed by atoms with Crippen LogP contribution in [-0.2, 0) is 9.53 Å². The summed E-state index contributed by atoms with van der Waals surface area (Å²) in [4.78, 5) is 12.5. The largest absolute Gasteiger partial charge is 0.493 e. The third-order valence-corrected chi connectivity index (χ3v) is 4.24. The molecule has 2 unspecified atom stereocenters. The number of carbonyl (C=O) groups excluding carboxylic acids is 1. The molecule has 0 saturated heterocycles. The molecule has 1 aromatic carbocycles. The van der Waals surface area contributed by atoms with Crippen molar-refractivity contribution in [2.45, 2.75) is 44.6 Å². The van der Waals surface area contributed by atoms with Crippen molar-refractivity contribution in [3.8, 4) is 5.75 Å². The van der Waals surface area contributed by atoms with Crippen LogP contribution in [0.2, 0.25) is 0 Å². The number of para-hydroxylation sites is 1. The molecule has 20 heavy (non-hydrogen) atoms. The maximum Gasteiger partial charge on any atom is 0.162 e. The fourth-order valence-electron chi connectivity index (χ4n) is 3.06. The number of ketones is 1. The quantitative estimate of drug-likeness (QED) is 0.798. The fraction of sp³-hybridized carbons (Fsp3) is 0.588. The summed E-state index contributed by atoms with van der Waals surface area (Å²) < 4.78 is 11.3. The first kappa shape index (κ1) is 13.6. The Morgan fingerprint density at radius 2 is 2.15 bits per heavy atom. The second kappa shape index (κ2) is 5.96. The lowest BCUT2D eigenvalue weighted by molar-refractivity contribution is -0.132. The molecule has 0 N–H and O–H groups in total. The lowest BCUT2D eigenvalue weighted by Gasteiger charge is -2.26. The third-order valence-electron chi connectivity index (χ3n) is 4.24. The molecule has 1 aromatic rings. The zero-order valence-corrected chi connectivity index (χ0v) is 12.0. The van der Waals surface area contributed by atoms with Gasteiger partial charge in [-0.1, -0.05) is 18.2 Å². The Balaban J connectivity index is 1.70. The van der Waals surface area contributed by atoms with Crippen molar-refractivity contribution in [3.05, 3.63) is 29.8 Å². The number of Topliss-reactive ketones (excluding diaryl/α,β-unsaturated/α-hetero) is 1. The smallest absolute Gasteiger partial charge is 0.162 e. The Morgan fingerprint density at radius 3 is 2.90 bits per heavy atom. The summed E-state index contributed by atoms with van der Waals surface area (Å²) in [6, 6.07) is 8.08. The van der Waals surface area contributed by atoms with Crippen molar-refractivity contribution in [1.82, 2.24) is 0 Å². The van der Waals surface area contributed by atoms with Gasteiger partial charge in [-0.3, -0.25) is 4.79 Å². The molecule has 1 aliphatic heterocycles. The van der Waals surface area contributed by atoms with Crippen LogP contribution in [0.4, 0.5) is 0 Å². The maximum atomic E-state index is 12.5. The molecule has 3 rings (SSSR count). The van der Waals surface area contributed by atoms with Gasteiger partial charge < -0.3 is 9.47 Å². The summed E-state index contributed by atoms with van der Waals surface area (Å²) in [5.41, 5.74) is 1.18. The van der Waals surface area contributed by atoms with Gasteiger partial charge in [0.1, 0.15) is 11.9 Å². The Labute approximate surface area is 120 Å². The topological polar surface area (TPSA) is 35.5 Å². The van der Waals surface area contributed by atoms with Gasteiger partial charge in [0.05, 0.1) is 6.61 Å². The minimum absolute atomic E-state index is 0.171. The van der Waals surface area contributed by atoms with E-state index in [0.29, 0.717) is 25.6 Å². The van der Waals surface area contributed by atoms with E-state index in [1.807, 2.05) is 25.1 Å². The van der Waals surface area contributed by atoms with E-state index >= 15 is 0 Å². The molecule has 3 heteroatoms. The van der Waals surface area contributed by atoms with Crippen molar-refractivity contribution in [2.24, 2.45) is 5.92 Å². The predicted octanol–water partition coefficient (Wildman–Crippen LogP) is 3.33. The normalized spacial score (nSPS) is 22.8. The summed E-state index contributed by atoms with van der Waals surface area (Å²) in [6.07, 6.45) is 3.62. The van der Waals surface area contributed by atoms with Crippen LogP contribution < -0.4 is 4.74 Å². The van der Waals surface area contributed by atoms with Crippen molar-refractivity contribution < 1.29 is 14.3 Å². The number of ether oxygens (including phenoxy) is 2. The van der Waals surface area contributed by atoms with Gasteiger partial charge >= 0.3 is 0 Å². The van der Waals surface area contributed by atoms with Crippen LogP contribution in [0.5, 0.6) is 5.75 Å². The van der Waals surface area contributed by atoms with Crippen molar-refractivity contribution in [1.29, 1.82) is 0 Å². The molecule has 3 nitrogen and oxygen atoms in total. The second-order valence-corrected chi connectivity index (χ2v) is 5.76. The third kappa shape index (κ3) is 2.88. The first-order valence-electron chi connectivity index (χ1n) is 7.65. The molecule has 1 saturated carbocycles. The van der Waals surface area contributed by atoms with E-state index in [4.69, 9.17) is 9.47 Å². The number of benzene rings is 1. The van der Waals surface area contributed by atoms with E-state index in [1.165, 1.54) is 5.56 Å². The number of carbonyl (C=O) groups is 1. The number of rotatable bonds is 6. The lowest BCUT2D eigenvalue weighted by atomic mass is 9.87. The summed E-state index contributed by atoms with van der Waals surface area (Å²) in [6.45, 7) is 3.29. The fourth-order valence-corrected chi connectivity index (χ4v) is 3.06. The van der Waals surface area contributed by atoms with Crippen LogP contribution in [-0.4, -0.2) is 25.1 Å². The lowest BCUT2D eigenvalue weighted by Crippen LogP contribution is -2.29. The molecule has 0 bridgehead atoms. The van der Waals surface area contributed by atoms with Crippen LogP contribution in [0.3, 0.4) is 0 Å². The summed E-state index contributed by atoms with van der Waals surface area (Å²) in [7, 11) is 0. The van der Waals surface area contributed by atoms with E-state index in [1.54, 1.807) is 0 Å². The van der Waals surface area contributed by atoms with Crippen LogP contribution in [0.1, 0.15) is 44.1 Å². The molecule has 1 aliphatic carbocycles. The van der Waals surface area contributed by atoms with E-state index in [2.05, 4.69) is 6.07 Å². The molecular weight excluding hydrogens is 252 g/mol. The molecule has 1 heterocycles. The SMILES string of the molecule is CCOC(C(=O)CC1CCOc2ccccc21)C1CC1. The highest BCUT2D eigenvalue weighted by Gasteiger charge is 2.37. The molecular formula is C17H22O3. The molecule has 1 fully saturated rings. The van der Waals surface area contributed by atoms with Crippen LogP contribution in [0.15, 0.2) is 24.3 Å². The summed E-state index contributed by atoms with van der Waals surface area (Å²) in [5.74, 6) is 1.97.